The van der Waals surface area contributed by atoms with Gasteiger partial charge in [-0.25, -0.2) is 18.1 Å². The van der Waals surface area contributed by atoms with E-state index >= 15 is 0 Å². The van der Waals surface area contributed by atoms with E-state index < -0.39 is 10.0 Å². The topological polar surface area (TPSA) is 91.3 Å². The van der Waals surface area contributed by atoms with Crippen LogP contribution in [0, 0.1) is 0 Å². The van der Waals surface area contributed by atoms with Gasteiger partial charge in [-0.3, -0.25) is 14.8 Å². The average molecular weight is 442 g/mol. The number of pyridine rings is 1. The number of hydrogen-bond acceptors (Lipinski definition) is 5. The van der Waals surface area contributed by atoms with Crippen molar-refractivity contribution in [2.75, 3.05) is 19.6 Å². The summed E-state index contributed by atoms with van der Waals surface area (Å²) in [4.78, 5) is 19.7. The molecule has 1 N–H and O–H groups in total. The van der Waals surface area contributed by atoms with Gasteiger partial charge in [0.05, 0.1) is 5.56 Å². The van der Waals surface area contributed by atoms with Crippen molar-refractivity contribution in [2.24, 2.45) is 0 Å². The van der Waals surface area contributed by atoms with Crippen LogP contribution in [0.25, 0.3) is 5.82 Å². The van der Waals surface area contributed by atoms with Crippen LogP contribution in [0.4, 0.5) is 0 Å². The van der Waals surface area contributed by atoms with Crippen LogP contribution >= 0.6 is 0 Å². The van der Waals surface area contributed by atoms with Gasteiger partial charge in [-0.15, -0.1) is 0 Å². The zero-order valence-corrected chi connectivity index (χ0v) is 18.6. The molecule has 0 atom stereocenters. The predicted molar refractivity (Wildman–Crippen MR) is 119 cm³/mol. The quantitative estimate of drug-likeness (QED) is 0.607. The highest BCUT2D eigenvalue weighted by atomic mass is 32.2. The second-order valence-corrected chi connectivity index (χ2v) is 9.54. The Bertz CT molecular complexity index is 1200. The van der Waals surface area contributed by atoms with Gasteiger partial charge in [0.15, 0.2) is 5.82 Å². The Morgan fingerprint density at radius 3 is 2.48 bits per heavy atom. The molecule has 0 saturated carbocycles. The molecule has 1 aromatic carbocycles. The summed E-state index contributed by atoms with van der Waals surface area (Å²) in [5, 5.41) is 3.16. The maximum absolute atomic E-state index is 13.0. The third-order valence-corrected chi connectivity index (χ3v) is 7.71. The lowest BCUT2D eigenvalue weighted by Gasteiger charge is -2.25. The normalized spacial score (nSPS) is 14.7. The molecule has 31 heavy (non-hydrogen) atoms. The van der Waals surface area contributed by atoms with Crippen LogP contribution in [-0.2, 0) is 29.5 Å². The Morgan fingerprint density at radius 1 is 1.10 bits per heavy atom. The van der Waals surface area contributed by atoms with E-state index in [-0.39, 0.29) is 10.5 Å². The maximum atomic E-state index is 13.0. The minimum absolute atomic E-state index is 0.123. The zero-order chi connectivity index (χ0) is 22.0. The number of hydrogen-bond donors (Lipinski definition) is 1. The molecule has 0 bridgehead atoms. The number of sulfonamides is 1. The first-order valence-electron chi connectivity index (χ1n) is 10.5. The minimum atomic E-state index is -3.58. The number of nitrogens with zero attached hydrogens (tertiary/aromatic N) is 4. The molecule has 9 heteroatoms. The van der Waals surface area contributed by atoms with Crippen molar-refractivity contribution in [2.45, 2.75) is 38.3 Å². The molecule has 0 spiro atoms. The first-order chi connectivity index (χ1) is 14.9. The van der Waals surface area contributed by atoms with Crippen LogP contribution in [0.2, 0.25) is 0 Å². The van der Waals surface area contributed by atoms with Crippen molar-refractivity contribution in [1.82, 2.24) is 24.0 Å². The molecule has 3 aromatic rings. The first kappa shape index (κ1) is 21.5. The molecule has 0 aliphatic carbocycles. The highest BCUT2D eigenvalue weighted by Gasteiger charge is 2.25. The molecular weight excluding hydrogens is 414 g/mol. The van der Waals surface area contributed by atoms with Crippen LogP contribution in [-0.4, -0.2) is 52.0 Å². The largest absolute Gasteiger partial charge is 0.294 e. The molecule has 1 aliphatic rings. The average Bonchev–Trinajstić information content (AvgIpc) is 3.11. The van der Waals surface area contributed by atoms with Crippen molar-refractivity contribution in [3.8, 4) is 5.82 Å². The highest BCUT2D eigenvalue weighted by molar-refractivity contribution is 7.89. The third kappa shape index (κ3) is 4.21. The van der Waals surface area contributed by atoms with Crippen molar-refractivity contribution in [1.29, 1.82) is 0 Å². The Labute approximate surface area is 182 Å². The van der Waals surface area contributed by atoms with Crippen LogP contribution in [0.3, 0.4) is 0 Å². The SMILES string of the molecule is CCN(CC)S(=O)(=O)c1ccc(-n2[nH]c3c(c2=O)CN(Cc2ccccc2)CC3)nc1. The Kier molecular flexibility index (Phi) is 6.08. The standard InChI is InChI=1S/C22H27N5O3S/c1-3-26(4-2)31(29,30)18-10-11-21(23-14-18)27-22(28)19-16-25(13-12-20(19)24-27)15-17-8-6-5-7-9-17/h5-11,14,24H,3-4,12-13,15-16H2,1-2H3. The number of fused-ring (bicyclic) bond motifs is 1. The predicted octanol–water partition coefficient (Wildman–Crippen LogP) is 2.15. The van der Waals surface area contributed by atoms with E-state index in [1.165, 1.54) is 26.8 Å². The van der Waals surface area contributed by atoms with E-state index in [0.29, 0.717) is 25.5 Å². The Balaban J connectivity index is 1.57. The second kappa shape index (κ2) is 8.78. The number of rotatable bonds is 7. The lowest BCUT2D eigenvalue weighted by Crippen LogP contribution is -2.32. The molecule has 0 radical (unpaired) electrons. The molecule has 0 unspecified atom stereocenters. The van der Waals surface area contributed by atoms with Gasteiger partial charge in [0.1, 0.15) is 4.90 Å². The Morgan fingerprint density at radius 2 is 1.84 bits per heavy atom. The number of aromatic amines is 1. The lowest BCUT2D eigenvalue weighted by atomic mass is 10.1. The summed E-state index contributed by atoms with van der Waals surface area (Å²) in [5.41, 5.74) is 2.73. The summed E-state index contributed by atoms with van der Waals surface area (Å²) in [6.45, 7) is 6.60. The number of H-pyrrole nitrogens is 1. The Hall–Kier alpha value is -2.75. The van der Waals surface area contributed by atoms with Crippen molar-refractivity contribution >= 4 is 10.0 Å². The second-order valence-electron chi connectivity index (χ2n) is 7.60. The maximum Gasteiger partial charge on any atom is 0.277 e. The van der Waals surface area contributed by atoms with E-state index in [1.807, 2.05) is 18.2 Å². The summed E-state index contributed by atoms with van der Waals surface area (Å²) in [6, 6.07) is 13.3. The fourth-order valence-corrected chi connectivity index (χ4v) is 5.37. The van der Waals surface area contributed by atoms with Gasteiger partial charge in [-0.05, 0) is 17.7 Å². The van der Waals surface area contributed by atoms with E-state index in [0.717, 1.165) is 30.8 Å². The molecule has 0 amide bonds. The summed E-state index contributed by atoms with van der Waals surface area (Å²) < 4.78 is 28.1. The molecule has 164 valence electrons. The molecule has 0 fully saturated rings. The van der Waals surface area contributed by atoms with Gasteiger partial charge in [-0.2, -0.15) is 4.31 Å². The fraction of sp³-hybridized carbons (Fsp3) is 0.364. The molecule has 1 aliphatic heterocycles. The van der Waals surface area contributed by atoms with Crippen LogP contribution < -0.4 is 5.56 Å². The highest BCUT2D eigenvalue weighted by Crippen LogP contribution is 2.19. The van der Waals surface area contributed by atoms with Crippen molar-refractivity contribution in [3.05, 3.63) is 75.8 Å². The molecule has 4 rings (SSSR count). The van der Waals surface area contributed by atoms with Gasteiger partial charge in [0, 0.05) is 51.0 Å². The summed E-state index contributed by atoms with van der Waals surface area (Å²) in [6.07, 6.45) is 2.07. The molecule has 2 aromatic heterocycles. The van der Waals surface area contributed by atoms with Gasteiger partial charge in [0.2, 0.25) is 10.0 Å². The van der Waals surface area contributed by atoms with Gasteiger partial charge < -0.3 is 0 Å². The first-order valence-corrected chi connectivity index (χ1v) is 11.9. The number of nitrogens with one attached hydrogen (secondary N) is 1. The van der Waals surface area contributed by atoms with Gasteiger partial charge >= 0.3 is 0 Å². The fourth-order valence-electron chi connectivity index (χ4n) is 3.97. The van der Waals surface area contributed by atoms with Crippen LogP contribution in [0.15, 0.2) is 58.4 Å². The van der Waals surface area contributed by atoms with Crippen molar-refractivity contribution < 1.29 is 8.42 Å². The zero-order valence-electron chi connectivity index (χ0n) is 17.8. The molecule has 3 heterocycles. The molecular formula is C22H27N5O3S. The summed E-state index contributed by atoms with van der Waals surface area (Å²) in [5.74, 6) is 0.382. The van der Waals surface area contributed by atoms with E-state index in [1.54, 1.807) is 19.9 Å². The van der Waals surface area contributed by atoms with E-state index in [4.69, 9.17) is 0 Å². The summed E-state index contributed by atoms with van der Waals surface area (Å²) >= 11 is 0. The minimum Gasteiger partial charge on any atom is -0.294 e. The van der Waals surface area contributed by atoms with Crippen molar-refractivity contribution in [3.63, 3.8) is 0 Å². The van der Waals surface area contributed by atoms with Crippen LogP contribution in [0.1, 0.15) is 30.7 Å². The lowest BCUT2D eigenvalue weighted by molar-refractivity contribution is 0.244. The molecule has 0 saturated heterocycles. The van der Waals surface area contributed by atoms with Crippen LogP contribution in [0.5, 0.6) is 0 Å². The van der Waals surface area contributed by atoms with Gasteiger partial charge in [-0.1, -0.05) is 44.2 Å². The van der Waals surface area contributed by atoms with E-state index in [9.17, 15) is 13.2 Å². The monoisotopic (exact) mass is 441 g/mol. The number of aromatic nitrogens is 3. The number of benzene rings is 1. The third-order valence-electron chi connectivity index (χ3n) is 5.67. The van der Waals surface area contributed by atoms with E-state index in [2.05, 4.69) is 27.1 Å². The summed E-state index contributed by atoms with van der Waals surface area (Å²) in [7, 11) is -3.58. The molecule has 8 nitrogen and oxygen atoms in total. The van der Waals surface area contributed by atoms with Gasteiger partial charge in [0.25, 0.3) is 5.56 Å². The smallest absolute Gasteiger partial charge is 0.277 e.